The highest BCUT2D eigenvalue weighted by Crippen LogP contribution is 2.27. The molecule has 0 radical (unpaired) electrons. The molecule has 0 spiro atoms. The molecule has 1 fully saturated rings. The van der Waals surface area contributed by atoms with Crippen LogP contribution in [0.4, 0.5) is 16.2 Å². The Bertz CT molecular complexity index is 561. The van der Waals surface area contributed by atoms with Crippen molar-refractivity contribution >= 4 is 17.5 Å². The molecule has 0 aromatic heterocycles. The van der Waals surface area contributed by atoms with E-state index >= 15 is 0 Å². The van der Waals surface area contributed by atoms with Gasteiger partial charge in [-0.2, -0.15) is 0 Å². The Morgan fingerprint density at radius 2 is 1.83 bits per heavy atom. The van der Waals surface area contributed by atoms with Gasteiger partial charge in [0, 0.05) is 49.7 Å². The van der Waals surface area contributed by atoms with E-state index in [4.69, 9.17) is 15.2 Å². The fraction of sp³-hybridized carbons (Fsp3) is 0.611. The van der Waals surface area contributed by atoms with Crippen LogP contribution in [0.2, 0.25) is 0 Å². The first-order valence-electron chi connectivity index (χ1n) is 8.55. The molecular formula is C18H29N3O3. The summed E-state index contributed by atoms with van der Waals surface area (Å²) in [5.41, 5.74) is 7.25. The smallest absolute Gasteiger partial charge is 0.410 e. The lowest BCUT2D eigenvalue weighted by Crippen LogP contribution is -2.50. The number of hydrogen-bond donors (Lipinski definition) is 1. The zero-order valence-corrected chi connectivity index (χ0v) is 15.2. The summed E-state index contributed by atoms with van der Waals surface area (Å²) in [6, 6.07) is 5.80. The van der Waals surface area contributed by atoms with E-state index in [-0.39, 0.29) is 6.09 Å². The standard InChI is InChI=1S/C18H29N3O3/c1-5-10-23-16-12-14(19)11-15(13-16)20-6-8-21(9-7-20)17(22)24-18(2,3)4/h11-13H,5-10,19H2,1-4H3. The lowest BCUT2D eigenvalue weighted by molar-refractivity contribution is 0.0240. The van der Waals surface area contributed by atoms with E-state index in [0.717, 1.165) is 30.9 Å². The van der Waals surface area contributed by atoms with Crippen LogP contribution in [0.5, 0.6) is 5.75 Å². The van der Waals surface area contributed by atoms with Gasteiger partial charge in [0.2, 0.25) is 0 Å². The minimum absolute atomic E-state index is 0.248. The van der Waals surface area contributed by atoms with Gasteiger partial charge >= 0.3 is 6.09 Å². The minimum Gasteiger partial charge on any atom is -0.493 e. The van der Waals surface area contributed by atoms with E-state index in [2.05, 4.69) is 11.8 Å². The van der Waals surface area contributed by atoms with Crippen LogP contribution in [0.25, 0.3) is 0 Å². The first kappa shape index (κ1) is 18.2. The van der Waals surface area contributed by atoms with Crippen LogP contribution in [0, 0.1) is 0 Å². The van der Waals surface area contributed by atoms with Crippen LogP contribution in [0.1, 0.15) is 34.1 Å². The quantitative estimate of drug-likeness (QED) is 0.856. The van der Waals surface area contributed by atoms with Crippen molar-refractivity contribution < 1.29 is 14.3 Å². The summed E-state index contributed by atoms with van der Waals surface area (Å²) in [4.78, 5) is 16.1. The molecule has 1 amide bonds. The molecule has 1 aromatic carbocycles. The Hall–Kier alpha value is -2.11. The Morgan fingerprint density at radius 3 is 2.42 bits per heavy atom. The highest BCUT2D eigenvalue weighted by atomic mass is 16.6. The monoisotopic (exact) mass is 335 g/mol. The van der Waals surface area contributed by atoms with Gasteiger partial charge in [0.15, 0.2) is 0 Å². The summed E-state index contributed by atoms with van der Waals surface area (Å²) >= 11 is 0. The summed E-state index contributed by atoms with van der Waals surface area (Å²) in [7, 11) is 0. The number of anilines is 2. The fourth-order valence-electron chi connectivity index (χ4n) is 2.57. The number of carbonyl (C=O) groups excluding carboxylic acids is 1. The maximum Gasteiger partial charge on any atom is 0.410 e. The molecule has 0 atom stereocenters. The van der Waals surface area contributed by atoms with E-state index in [1.165, 1.54) is 0 Å². The number of nitrogens with zero attached hydrogens (tertiary/aromatic N) is 2. The van der Waals surface area contributed by atoms with Gasteiger partial charge in [0.25, 0.3) is 0 Å². The first-order valence-corrected chi connectivity index (χ1v) is 8.55. The number of benzene rings is 1. The highest BCUT2D eigenvalue weighted by Gasteiger charge is 2.26. The van der Waals surface area contributed by atoms with Crippen molar-refractivity contribution in [2.24, 2.45) is 0 Å². The molecule has 2 N–H and O–H groups in total. The number of amides is 1. The Kier molecular flexibility index (Phi) is 5.80. The molecule has 1 aromatic rings. The van der Waals surface area contributed by atoms with Crippen LogP contribution in [0.15, 0.2) is 18.2 Å². The van der Waals surface area contributed by atoms with E-state index in [9.17, 15) is 4.79 Å². The number of rotatable bonds is 4. The molecule has 1 saturated heterocycles. The number of carbonyl (C=O) groups is 1. The molecule has 6 heteroatoms. The molecule has 0 bridgehead atoms. The van der Waals surface area contributed by atoms with Gasteiger partial charge in [-0.05, 0) is 33.3 Å². The van der Waals surface area contributed by atoms with E-state index in [1.807, 2.05) is 39.0 Å². The maximum atomic E-state index is 12.1. The van der Waals surface area contributed by atoms with Crippen LogP contribution in [-0.4, -0.2) is 49.4 Å². The van der Waals surface area contributed by atoms with Crippen molar-refractivity contribution in [3.8, 4) is 5.75 Å². The molecule has 24 heavy (non-hydrogen) atoms. The number of hydrogen-bond acceptors (Lipinski definition) is 5. The van der Waals surface area contributed by atoms with Crippen molar-refractivity contribution in [2.45, 2.75) is 39.7 Å². The van der Waals surface area contributed by atoms with Gasteiger partial charge in [-0.25, -0.2) is 4.79 Å². The van der Waals surface area contributed by atoms with Gasteiger partial charge in [0.05, 0.1) is 6.61 Å². The van der Waals surface area contributed by atoms with Crippen molar-refractivity contribution in [2.75, 3.05) is 43.4 Å². The van der Waals surface area contributed by atoms with Crippen molar-refractivity contribution in [1.29, 1.82) is 0 Å². The Morgan fingerprint density at radius 1 is 1.17 bits per heavy atom. The zero-order chi connectivity index (χ0) is 17.7. The predicted molar refractivity (Wildman–Crippen MR) is 96.7 cm³/mol. The molecule has 1 aliphatic heterocycles. The maximum absolute atomic E-state index is 12.1. The Labute approximate surface area is 144 Å². The van der Waals surface area contributed by atoms with Crippen molar-refractivity contribution in [3.05, 3.63) is 18.2 Å². The number of nitrogens with two attached hydrogens (primary N) is 1. The van der Waals surface area contributed by atoms with Gasteiger partial charge in [-0.15, -0.1) is 0 Å². The summed E-state index contributed by atoms with van der Waals surface area (Å²) in [6.45, 7) is 11.1. The normalized spacial score (nSPS) is 15.3. The van der Waals surface area contributed by atoms with Crippen LogP contribution < -0.4 is 15.4 Å². The molecule has 0 saturated carbocycles. The number of nitrogen functional groups attached to an aromatic ring is 1. The van der Waals surface area contributed by atoms with Crippen LogP contribution in [-0.2, 0) is 4.74 Å². The van der Waals surface area contributed by atoms with E-state index in [1.54, 1.807) is 4.90 Å². The van der Waals surface area contributed by atoms with Gasteiger partial charge in [-0.3, -0.25) is 0 Å². The second-order valence-corrected chi connectivity index (χ2v) is 7.06. The van der Waals surface area contributed by atoms with E-state index < -0.39 is 5.60 Å². The molecule has 2 rings (SSSR count). The molecule has 134 valence electrons. The van der Waals surface area contributed by atoms with Gasteiger partial charge in [-0.1, -0.05) is 6.92 Å². The van der Waals surface area contributed by atoms with Gasteiger partial charge < -0.3 is 25.0 Å². The average molecular weight is 335 g/mol. The fourth-order valence-corrected chi connectivity index (χ4v) is 2.57. The summed E-state index contributed by atoms with van der Waals surface area (Å²) in [5, 5.41) is 0. The molecular weight excluding hydrogens is 306 g/mol. The predicted octanol–water partition coefficient (Wildman–Crippen LogP) is 3.11. The zero-order valence-electron chi connectivity index (χ0n) is 15.2. The number of piperazine rings is 1. The number of ether oxygens (including phenoxy) is 2. The molecule has 0 unspecified atom stereocenters. The largest absolute Gasteiger partial charge is 0.493 e. The first-order chi connectivity index (χ1) is 11.3. The summed E-state index contributed by atoms with van der Waals surface area (Å²) < 4.78 is 11.1. The molecule has 1 heterocycles. The third-order valence-corrected chi connectivity index (χ3v) is 3.68. The van der Waals surface area contributed by atoms with Crippen LogP contribution in [0.3, 0.4) is 0 Å². The van der Waals surface area contributed by atoms with Crippen LogP contribution >= 0.6 is 0 Å². The summed E-state index contributed by atoms with van der Waals surface area (Å²) in [5.74, 6) is 0.793. The average Bonchev–Trinajstić information content (AvgIpc) is 2.51. The topological polar surface area (TPSA) is 68.0 Å². The molecule has 1 aliphatic rings. The van der Waals surface area contributed by atoms with Crippen molar-refractivity contribution in [3.63, 3.8) is 0 Å². The lowest BCUT2D eigenvalue weighted by Gasteiger charge is -2.37. The Balaban J connectivity index is 1.97. The van der Waals surface area contributed by atoms with Crippen molar-refractivity contribution in [1.82, 2.24) is 4.90 Å². The second kappa shape index (κ2) is 7.64. The summed E-state index contributed by atoms with van der Waals surface area (Å²) in [6.07, 6.45) is 0.709. The SMILES string of the molecule is CCCOc1cc(N)cc(N2CCN(C(=O)OC(C)(C)C)CC2)c1. The molecule has 6 nitrogen and oxygen atoms in total. The second-order valence-electron chi connectivity index (χ2n) is 7.06. The third kappa shape index (κ3) is 5.22. The third-order valence-electron chi connectivity index (χ3n) is 3.68. The van der Waals surface area contributed by atoms with Gasteiger partial charge in [0.1, 0.15) is 11.4 Å². The minimum atomic E-state index is -0.465. The van der Waals surface area contributed by atoms with E-state index in [0.29, 0.717) is 25.4 Å². The lowest BCUT2D eigenvalue weighted by atomic mass is 10.2. The highest BCUT2D eigenvalue weighted by molar-refractivity contribution is 5.69. The molecule has 0 aliphatic carbocycles.